The minimum atomic E-state index is -0.156. The van der Waals surface area contributed by atoms with E-state index in [-0.39, 0.29) is 5.91 Å². The largest absolute Gasteiger partial charge is 0.494 e. The molecule has 1 saturated heterocycles. The lowest BCUT2D eigenvalue weighted by molar-refractivity contribution is -0.880. The molecule has 5 nitrogen and oxygen atoms in total. The number of hydrogen-bond donors (Lipinski definition) is 2. The molecule has 0 bridgehead atoms. The molecule has 2 aromatic carbocycles. The standard InChI is InChI=1S/C20H24ClN3O2/c1-3-26-17-7-4-15(5-8-17)20(25)22-18-14-16(21)6-9-19(18)24-12-10-23(2)11-13-24/h4-9,14H,3,10-13H2,1-2H3,(H,22,25)/p+1. The third-order valence-electron chi connectivity index (χ3n) is 4.59. The third-order valence-corrected chi connectivity index (χ3v) is 4.83. The Bertz CT molecular complexity index is 756. The molecule has 1 aliphatic rings. The summed E-state index contributed by atoms with van der Waals surface area (Å²) >= 11 is 6.17. The van der Waals surface area contributed by atoms with Crippen LogP contribution < -0.4 is 19.9 Å². The molecule has 2 N–H and O–H groups in total. The number of anilines is 2. The van der Waals surface area contributed by atoms with E-state index in [4.69, 9.17) is 16.3 Å². The third kappa shape index (κ3) is 4.48. The number of nitrogens with one attached hydrogen (secondary N) is 2. The van der Waals surface area contributed by atoms with Crippen LogP contribution in [0.4, 0.5) is 11.4 Å². The zero-order chi connectivity index (χ0) is 18.5. The van der Waals surface area contributed by atoms with Crippen molar-refractivity contribution in [2.45, 2.75) is 6.92 Å². The second-order valence-corrected chi connectivity index (χ2v) is 6.95. The zero-order valence-electron chi connectivity index (χ0n) is 15.2. The number of quaternary nitrogens is 1. The van der Waals surface area contributed by atoms with Crippen LogP contribution in [0, 0.1) is 0 Å². The number of likely N-dealkylation sites (N-methyl/N-ethyl adjacent to an activating group) is 1. The molecule has 0 aromatic heterocycles. The number of benzene rings is 2. The summed E-state index contributed by atoms with van der Waals surface area (Å²) in [5, 5.41) is 3.62. The SMILES string of the molecule is CCOc1ccc(C(=O)Nc2cc(Cl)ccc2N2CC[NH+](C)CC2)cc1. The quantitative estimate of drug-likeness (QED) is 0.844. The van der Waals surface area contributed by atoms with Crippen molar-refractivity contribution in [2.24, 2.45) is 0 Å². The van der Waals surface area contributed by atoms with E-state index in [0.717, 1.165) is 43.3 Å². The van der Waals surface area contributed by atoms with Gasteiger partial charge in [0.1, 0.15) is 5.75 Å². The first-order valence-electron chi connectivity index (χ1n) is 8.97. The molecule has 1 heterocycles. The summed E-state index contributed by atoms with van der Waals surface area (Å²) in [6.07, 6.45) is 0. The Kier molecular flexibility index (Phi) is 6.01. The molecular formula is C20H25ClN3O2+. The molecule has 1 fully saturated rings. The number of carbonyl (C=O) groups is 1. The van der Waals surface area contributed by atoms with Crippen LogP contribution in [0.3, 0.4) is 0 Å². The lowest BCUT2D eigenvalue weighted by Crippen LogP contribution is -3.12. The normalized spacial score (nSPS) is 15.0. The molecule has 1 amide bonds. The molecule has 0 unspecified atom stereocenters. The monoisotopic (exact) mass is 374 g/mol. The molecule has 0 saturated carbocycles. The van der Waals surface area contributed by atoms with Gasteiger partial charge in [-0.05, 0) is 49.4 Å². The Morgan fingerprint density at radius 1 is 1.19 bits per heavy atom. The van der Waals surface area contributed by atoms with E-state index in [1.807, 2.05) is 25.1 Å². The van der Waals surface area contributed by atoms with Gasteiger partial charge in [-0.2, -0.15) is 0 Å². The number of carbonyl (C=O) groups excluding carboxylic acids is 1. The predicted molar refractivity (Wildman–Crippen MR) is 106 cm³/mol. The highest BCUT2D eigenvalue weighted by Crippen LogP contribution is 2.30. The van der Waals surface area contributed by atoms with Gasteiger partial charge in [-0.3, -0.25) is 4.79 Å². The second-order valence-electron chi connectivity index (χ2n) is 6.52. The van der Waals surface area contributed by atoms with Crippen LogP contribution in [0.1, 0.15) is 17.3 Å². The van der Waals surface area contributed by atoms with Crippen molar-refractivity contribution in [1.82, 2.24) is 0 Å². The van der Waals surface area contributed by atoms with E-state index in [2.05, 4.69) is 17.3 Å². The van der Waals surface area contributed by atoms with Crippen LogP contribution in [-0.2, 0) is 0 Å². The molecule has 0 aliphatic carbocycles. The van der Waals surface area contributed by atoms with E-state index in [0.29, 0.717) is 17.2 Å². The minimum absolute atomic E-state index is 0.156. The average Bonchev–Trinajstić information content (AvgIpc) is 2.64. The molecule has 2 aromatic rings. The highest BCUT2D eigenvalue weighted by Gasteiger charge is 2.20. The van der Waals surface area contributed by atoms with Crippen LogP contribution in [0.2, 0.25) is 5.02 Å². The van der Waals surface area contributed by atoms with Crippen LogP contribution in [0.25, 0.3) is 0 Å². The Hall–Kier alpha value is -2.24. The van der Waals surface area contributed by atoms with Gasteiger partial charge in [-0.25, -0.2) is 0 Å². The molecule has 6 heteroatoms. The van der Waals surface area contributed by atoms with Gasteiger partial charge in [0.2, 0.25) is 0 Å². The van der Waals surface area contributed by atoms with E-state index in [9.17, 15) is 4.79 Å². The fraction of sp³-hybridized carbons (Fsp3) is 0.350. The molecule has 1 aliphatic heterocycles. The Morgan fingerprint density at radius 2 is 1.88 bits per heavy atom. The molecule has 138 valence electrons. The van der Waals surface area contributed by atoms with Gasteiger partial charge < -0.3 is 19.9 Å². The van der Waals surface area contributed by atoms with Gasteiger partial charge >= 0.3 is 0 Å². The molecule has 0 atom stereocenters. The van der Waals surface area contributed by atoms with Crippen LogP contribution in [0.15, 0.2) is 42.5 Å². The number of piperazine rings is 1. The first-order valence-corrected chi connectivity index (χ1v) is 9.34. The number of rotatable bonds is 5. The fourth-order valence-electron chi connectivity index (χ4n) is 3.08. The van der Waals surface area contributed by atoms with Crippen molar-refractivity contribution in [2.75, 3.05) is 50.1 Å². The Morgan fingerprint density at radius 3 is 2.54 bits per heavy atom. The van der Waals surface area contributed by atoms with E-state index >= 15 is 0 Å². The summed E-state index contributed by atoms with van der Waals surface area (Å²) in [5.74, 6) is 0.601. The first-order chi connectivity index (χ1) is 12.6. The summed E-state index contributed by atoms with van der Waals surface area (Å²) in [5.41, 5.74) is 2.35. The summed E-state index contributed by atoms with van der Waals surface area (Å²) in [4.78, 5) is 16.5. The van der Waals surface area contributed by atoms with Gasteiger partial charge in [0, 0.05) is 10.6 Å². The van der Waals surface area contributed by atoms with Gasteiger partial charge in [-0.1, -0.05) is 11.6 Å². The van der Waals surface area contributed by atoms with Crippen LogP contribution in [-0.4, -0.2) is 45.7 Å². The van der Waals surface area contributed by atoms with Crippen LogP contribution >= 0.6 is 11.6 Å². The predicted octanol–water partition coefficient (Wildman–Crippen LogP) is 2.33. The van der Waals surface area contributed by atoms with Crippen molar-refractivity contribution in [1.29, 1.82) is 0 Å². The Balaban J connectivity index is 1.77. The maximum absolute atomic E-state index is 12.7. The Labute approximate surface area is 159 Å². The molecule has 26 heavy (non-hydrogen) atoms. The van der Waals surface area contributed by atoms with Gasteiger partial charge in [0.25, 0.3) is 5.91 Å². The minimum Gasteiger partial charge on any atom is -0.494 e. The number of ether oxygens (including phenoxy) is 1. The number of halogens is 1. The number of nitrogens with zero attached hydrogens (tertiary/aromatic N) is 1. The number of amides is 1. The summed E-state index contributed by atoms with van der Waals surface area (Å²) in [6, 6.07) is 12.8. The van der Waals surface area contributed by atoms with Gasteiger partial charge in [0.15, 0.2) is 0 Å². The molecule has 0 radical (unpaired) electrons. The highest BCUT2D eigenvalue weighted by atomic mass is 35.5. The number of hydrogen-bond acceptors (Lipinski definition) is 3. The molecular weight excluding hydrogens is 350 g/mol. The van der Waals surface area contributed by atoms with Crippen molar-refractivity contribution in [3.05, 3.63) is 53.1 Å². The van der Waals surface area contributed by atoms with Crippen molar-refractivity contribution in [3.8, 4) is 5.75 Å². The van der Waals surface area contributed by atoms with E-state index < -0.39 is 0 Å². The summed E-state index contributed by atoms with van der Waals surface area (Å²) in [7, 11) is 2.20. The van der Waals surface area contributed by atoms with Gasteiger partial charge in [-0.15, -0.1) is 0 Å². The first kappa shape index (κ1) is 18.5. The maximum atomic E-state index is 12.7. The topological polar surface area (TPSA) is 46.0 Å². The average molecular weight is 375 g/mol. The van der Waals surface area contributed by atoms with E-state index in [1.54, 1.807) is 24.3 Å². The van der Waals surface area contributed by atoms with Crippen molar-refractivity contribution < 1.29 is 14.4 Å². The van der Waals surface area contributed by atoms with Gasteiger partial charge in [0.05, 0.1) is 51.2 Å². The molecule has 3 rings (SSSR count). The lowest BCUT2D eigenvalue weighted by atomic mass is 10.1. The smallest absolute Gasteiger partial charge is 0.255 e. The molecule has 0 spiro atoms. The van der Waals surface area contributed by atoms with E-state index in [1.165, 1.54) is 4.90 Å². The van der Waals surface area contributed by atoms with Crippen LogP contribution in [0.5, 0.6) is 5.75 Å². The maximum Gasteiger partial charge on any atom is 0.255 e. The van der Waals surface area contributed by atoms with Crippen molar-refractivity contribution >= 4 is 28.9 Å². The summed E-state index contributed by atoms with van der Waals surface area (Å²) < 4.78 is 5.42. The zero-order valence-corrected chi connectivity index (χ0v) is 16.0. The lowest BCUT2D eigenvalue weighted by Gasteiger charge is -2.33. The fourth-order valence-corrected chi connectivity index (χ4v) is 3.25. The van der Waals surface area contributed by atoms with Crippen molar-refractivity contribution in [3.63, 3.8) is 0 Å². The summed E-state index contributed by atoms with van der Waals surface area (Å²) in [6.45, 7) is 6.61. The highest BCUT2D eigenvalue weighted by molar-refractivity contribution is 6.31. The second kappa shape index (κ2) is 8.43.